The zero-order valence-corrected chi connectivity index (χ0v) is 13.9. The smallest absolute Gasteiger partial charge is 0.271 e. The fraction of sp³-hybridized carbons (Fsp3) is 0.444. The Morgan fingerprint density at radius 1 is 1.38 bits per heavy atom. The maximum Gasteiger partial charge on any atom is 0.271 e. The van der Waals surface area contributed by atoms with Gasteiger partial charge in [0, 0.05) is 44.9 Å². The Bertz CT molecular complexity index is 671. The molecule has 2 aromatic rings. The van der Waals surface area contributed by atoms with Gasteiger partial charge in [-0.2, -0.15) is 0 Å². The van der Waals surface area contributed by atoms with Gasteiger partial charge in [-0.1, -0.05) is 30.3 Å². The van der Waals surface area contributed by atoms with Crippen molar-refractivity contribution in [3.63, 3.8) is 0 Å². The maximum atomic E-state index is 12.4. The van der Waals surface area contributed by atoms with Crippen LogP contribution in [0.15, 0.2) is 42.9 Å². The lowest BCUT2D eigenvalue weighted by Crippen LogP contribution is -2.53. The van der Waals surface area contributed by atoms with Gasteiger partial charge in [-0.05, 0) is 18.5 Å². The number of hydrogen-bond acceptors (Lipinski definition) is 4. The Hall–Kier alpha value is -2.18. The molecule has 0 aliphatic carbocycles. The van der Waals surface area contributed by atoms with E-state index in [9.17, 15) is 9.90 Å². The molecule has 1 aliphatic heterocycles. The summed E-state index contributed by atoms with van der Waals surface area (Å²) in [5.74, 6) is -0.0923. The Balaban J connectivity index is 1.64. The van der Waals surface area contributed by atoms with Crippen molar-refractivity contribution in [3.05, 3.63) is 54.1 Å². The first-order valence-corrected chi connectivity index (χ1v) is 8.31. The molecule has 0 bridgehead atoms. The van der Waals surface area contributed by atoms with Crippen LogP contribution in [0.1, 0.15) is 22.5 Å². The van der Waals surface area contributed by atoms with E-state index >= 15 is 0 Å². The lowest BCUT2D eigenvalue weighted by atomic mass is 9.92. The van der Waals surface area contributed by atoms with Crippen LogP contribution in [0.5, 0.6) is 0 Å². The monoisotopic (exact) mass is 328 g/mol. The Kier molecular flexibility index (Phi) is 5.27. The van der Waals surface area contributed by atoms with Crippen LogP contribution < -0.4 is 5.32 Å². The summed E-state index contributed by atoms with van der Waals surface area (Å²) in [7, 11) is 1.84. The molecule has 2 N–H and O–H groups in total. The molecular formula is C18H24N4O2. The number of aliphatic hydroxyl groups is 1. The summed E-state index contributed by atoms with van der Waals surface area (Å²) in [6.45, 7) is 2.61. The van der Waals surface area contributed by atoms with Crippen molar-refractivity contribution in [2.75, 3.05) is 19.7 Å². The second kappa shape index (κ2) is 7.59. The van der Waals surface area contributed by atoms with E-state index in [1.54, 1.807) is 17.1 Å². The molecule has 1 aromatic carbocycles. The predicted molar refractivity (Wildman–Crippen MR) is 91.4 cm³/mol. The molecule has 6 heteroatoms. The molecule has 1 amide bonds. The number of nitrogens with zero attached hydrogens (tertiary/aromatic N) is 3. The molecule has 1 aromatic heterocycles. The van der Waals surface area contributed by atoms with Crippen LogP contribution >= 0.6 is 0 Å². The third-order valence-corrected chi connectivity index (χ3v) is 4.58. The Morgan fingerprint density at radius 2 is 2.17 bits per heavy atom. The average Bonchev–Trinajstić information content (AvgIpc) is 3.03. The molecule has 1 saturated heterocycles. The van der Waals surface area contributed by atoms with Crippen molar-refractivity contribution in [2.45, 2.75) is 19.0 Å². The number of amides is 1. The highest BCUT2D eigenvalue weighted by molar-refractivity contribution is 5.92. The number of carbonyl (C=O) groups excluding carboxylic acids is 1. The number of rotatable bonds is 5. The largest absolute Gasteiger partial charge is 0.396 e. The number of aryl methyl sites for hydroxylation is 1. The highest BCUT2D eigenvalue weighted by atomic mass is 16.3. The Morgan fingerprint density at radius 3 is 2.83 bits per heavy atom. The molecule has 0 saturated carbocycles. The first-order chi connectivity index (χ1) is 11.7. The summed E-state index contributed by atoms with van der Waals surface area (Å²) >= 11 is 0. The van der Waals surface area contributed by atoms with Gasteiger partial charge in [-0.3, -0.25) is 9.69 Å². The van der Waals surface area contributed by atoms with Crippen LogP contribution in [0, 0.1) is 5.92 Å². The lowest BCUT2D eigenvalue weighted by molar-refractivity contribution is 0.0727. The van der Waals surface area contributed by atoms with Crippen molar-refractivity contribution in [1.82, 2.24) is 19.8 Å². The van der Waals surface area contributed by atoms with E-state index < -0.39 is 0 Å². The Labute approximate surface area is 142 Å². The fourth-order valence-electron chi connectivity index (χ4n) is 3.21. The van der Waals surface area contributed by atoms with Gasteiger partial charge < -0.3 is 15.0 Å². The number of hydrogen-bond donors (Lipinski definition) is 2. The number of carbonyl (C=O) groups is 1. The van der Waals surface area contributed by atoms with Crippen LogP contribution in [-0.4, -0.2) is 51.2 Å². The SMILES string of the molecule is Cn1cnc(C(=O)N[C@@H]2CN(Cc3ccccc3)CC[C@@H]2CO)c1. The normalized spacial score (nSPS) is 21.6. The van der Waals surface area contributed by atoms with Gasteiger partial charge in [0.2, 0.25) is 0 Å². The van der Waals surface area contributed by atoms with Crippen LogP contribution in [0.2, 0.25) is 0 Å². The molecule has 6 nitrogen and oxygen atoms in total. The maximum absolute atomic E-state index is 12.4. The summed E-state index contributed by atoms with van der Waals surface area (Å²) in [5.41, 5.74) is 1.67. The zero-order valence-electron chi connectivity index (χ0n) is 13.9. The first kappa shape index (κ1) is 16.7. The van der Waals surface area contributed by atoms with Crippen molar-refractivity contribution in [1.29, 1.82) is 0 Å². The van der Waals surface area contributed by atoms with Crippen LogP contribution in [-0.2, 0) is 13.6 Å². The van der Waals surface area contributed by atoms with Crippen molar-refractivity contribution >= 4 is 5.91 Å². The molecule has 3 rings (SSSR count). The minimum absolute atomic E-state index is 0.0676. The van der Waals surface area contributed by atoms with E-state index in [1.807, 2.05) is 25.2 Å². The average molecular weight is 328 g/mol. The van der Waals surface area contributed by atoms with Gasteiger partial charge in [-0.15, -0.1) is 0 Å². The van der Waals surface area contributed by atoms with Gasteiger partial charge >= 0.3 is 0 Å². The summed E-state index contributed by atoms with van der Waals surface area (Å²) in [6.07, 6.45) is 4.19. The molecule has 1 fully saturated rings. The minimum Gasteiger partial charge on any atom is -0.396 e. The predicted octanol–water partition coefficient (Wildman–Crippen LogP) is 1.03. The van der Waals surface area contributed by atoms with Crippen molar-refractivity contribution in [2.24, 2.45) is 13.0 Å². The first-order valence-electron chi connectivity index (χ1n) is 8.31. The quantitative estimate of drug-likeness (QED) is 0.860. The molecule has 2 atom stereocenters. The molecular weight excluding hydrogens is 304 g/mol. The van der Waals surface area contributed by atoms with E-state index in [0.29, 0.717) is 5.69 Å². The van der Waals surface area contributed by atoms with E-state index in [2.05, 4.69) is 27.3 Å². The summed E-state index contributed by atoms with van der Waals surface area (Å²) in [4.78, 5) is 18.8. The summed E-state index contributed by atoms with van der Waals surface area (Å²) in [5, 5.41) is 12.7. The van der Waals surface area contributed by atoms with E-state index in [4.69, 9.17) is 0 Å². The lowest BCUT2D eigenvalue weighted by Gasteiger charge is -2.38. The highest BCUT2D eigenvalue weighted by Crippen LogP contribution is 2.19. The number of imidazole rings is 1. The van der Waals surface area contributed by atoms with Crippen LogP contribution in [0.25, 0.3) is 0 Å². The molecule has 2 heterocycles. The second-order valence-corrected chi connectivity index (χ2v) is 6.46. The van der Waals surface area contributed by atoms with Gasteiger partial charge in [0.25, 0.3) is 5.91 Å². The number of nitrogens with one attached hydrogen (secondary N) is 1. The van der Waals surface area contributed by atoms with Gasteiger partial charge in [0.1, 0.15) is 5.69 Å². The van der Waals surface area contributed by atoms with Crippen LogP contribution in [0.3, 0.4) is 0 Å². The number of aliphatic hydroxyl groups excluding tert-OH is 1. The number of aromatic nitrogens is 2. The third-order valence-electron chi connectivity index (χ3n) is 4.58. The van der Waals surface area contributed by atoms with Crippen molar-refractivity contribution < 1.29 is 9.90 Å². The van der Waals surface area contributed by atoms with Gasteiger partial charge in [0.15, 0.2) is 0 Å². The van der Waals surface area contributed by atoms with E-state index in [1.165, 1.54) is 5.56 Å². The number of piperidine rings is 1. The second-order valence-electron chi connectivity index (χ2n) is 6.46. The molecule has 0 spiro atoms. The third kappa shape index (κ3) is 4.01. The highest BCUT2D eigenvalue weighted by Gasteiger charge is 2.30. The zero-order chi connectivity index (χ0) is 16.9. The van der Waals surface area contributed by atoms with Crippen molar-refractivity contribution in [3.8, 4) is 0 Å². The van der Waals surface area contributed by atoms with E-state index in [-0.39, 0.29) is 24.5 Å². The summed E-state index contributed by atoms with van der Waals surface area (Å²) < 4.78 is 1.75. The van der Waals surface area contributed by atoms with E-state index in [0.717, 1.165) is 26.1 Å². The molecule has 24 heavy (non-hydrogen) atoms. The molecule has 0 radical (unpaired) electrons. The molecule has 1 aliphatic rings. The van der Waals surface area contributed by atoms with Crippen LogP contribution in [0.4, 0.5) is 0 Å². The standard InChI is InChI=1S/C18H24N4O2/c1-21-10-17(19-13-21)18(24)20-16-11-22(8-7-15(16)12-23)9-14-5-3-2-4-6-14/h2-6,10,13,15-16,23H,7-9,11-12H2,1H3,(H,20,24)/t15-,16-/m1/s1. The minimum atomic E-state index is -0.180. The molecule has 128 valence electrons. The topological polar surface area (TPSA) is 70.4 Å². The fourth-order valence-corrected chi connectivity index (χ4v) is 3.21. The molecule has 0 unspecified atom stereocenters. The number of benzene rings is 1. The number of likely N-dealkylation sites (tertiary alicyclic amines) is 1. The van der Waals surface area contributed by atoms with Gasteiger partial charge in [0.05, 0.1) is 6.33 Å². The summed E-state index contributed by atoms with van der Waals surface area (Å²) in [6, 6.07) is 10.2. The van der Waals surface area contributed by atoms with Gasteiger partial charge in [-0.25, -0.2) is 4.98 Å².